The van der Waals surface area contributed by atoms with E-state index in [1.165, 1.54) is 57.3 Å². The van der Waals surface area contributed by atoms with E-state index in [1.807, 2.05) is 0 Å². The molecule has 0 N–H and O–H groups in total. The maximum atomic E-state index is 2.67. The van der Waals surface area contributed by atoms with Gasteiger partial charge in [0.1, 0.15) is 0 Å². The summed E-state index contributed by atoms with van der Waals surface area (Å²) in [6.45, 7) is 14.8. The van der Waals surface area contributed by atoms with Crippen molar-refractivity contribution in [3.63, 3.8) is 0 Å². The second-order valence-corrected chi connectivity index (χ2v) is 17.8. The van der Waals surface area contributed by atoms with Crippen molar-refractivity contribution in [3.05, 3.63) is 129 Å². The third-order valence-electron chi connectivity index (χ3n) is 9.56. The Morgan fingerprint density at radius 3 is 1.32 bits per heavy atom. The molecule has 2 aliphatic carbocycles. The lowest BCUT2D eigenvalue weighted by Gasteiger charge is -2.39. The van der Waals surface area contributed by atoms with E-state index in [0.717, 1.165) is 12.8 Å². The average molecular weight is 553 g/mol. The molecule has 0 fully saturated rings. The summed E-state index contributed by atoms with van der Waals surface area (Å²) in [6, 6.07) is 32.2. The second-order valence-electron chi connectivity index (χ2n) is 13.0. The van der Waals surface area contributed by atoms with Crippen LogP contribution >= 0.6 is 0 Å². The molecule has 0 nitrogen and oxygen atoms in total. The van der Waals surface area contributed by atoms with Crippen LogP contribution < -0.4 is 0 Å². The predicted octanol–water partition coefficient (Wildman–Crippen LogP) is 11.4. The quantitative estimate of drug-likeness (QED) is 0.191. The van der Waals surface area contributed by atoms with Gasteiger partial charge < -0.3 is 0 Å². The first-order valence-electron chi connectivity index (χ1n) is 15.6. The van der Waals surface area contributed by atoms with E-state index in [2.05, 4.69) is 138 Å². The Morgan fingerprint density at radius 1 is 0.561 bits per heavy atom. The molecule has 0 saturated carbocycles. The summed E-state index contributed by atoms with van der Waals surface area (Å²) in [5, 5.41) is 0. The summed E-state index contributed by atoms with van der Waals surface area (Å²) in [7, 11) is -1.94. The lowest BCUT2D eigenvalue weighted by atomic mass is 9.92. The molecule has 0 spiro atoms. The molecule has 208 valence electrons. The van der Waals surface area contributed by atoms with Crippen molar-refractivity contribution in [2.45, 2.75) is 77.6 Å². The highest BCUT2D eigenvalue weighted by molar-refractivity contribution is 6.81. The maximum absolute atomic E-state index is 2.67. The van der Waals surface area contributed by atoms with Crippen LogP contribution in [-0.2, 0) is 12.8 Å². The van der Waals surface area contributed by atoms with Crippen molar-refractivity contribution >= 4 is 20.2 Å². The summed E-state index contributed by atoms with van der Waals surface area (Å²) in [5.41, 5.74) is 18.7. The average Bonchev–Trinajstić information content (AvgIpc) is 3.49. The first-order chi connectivity index (χ1) is 19.8. The molecule has 2 aliphatic rings. The number of hydrogen-bond donors (Lipinski definition) is 0. The van der Waals surface area contributed by atoms with E-state index in [-0.39, 0.29) is 0 Å². The van der Waals surface area contributed by atoms with Gasteiger partial charge in [-0.1, -0.05) is 148 Å². The van der Waals surface area contributed by atoms with Gasteiger partial charge >= 0.3 is 0 Å². The fourth-order valence-corrected chi connectivity index (χ4v) is 13.0. The highest BCUT2D eigenvalue weighted by Gasteiger charge is 2.47. The molecule has 0 aromatic heterocycles. The molecule has 0 radical (unpaired) electrons. The Labute approximate surface area is 248 Å². The molecule has 41 heavy (non-hydrogen) atoms. The summed E-state index contributed by atoms with van der Waals surface area (Å²) in [6.07, 6.45) is 9.67. The molecule has 2 unspecified atom stereocenters. The molecule has 1 heteroatoms. The van der Waals surface area contributed by atoms with Gasteiger partial charge in [-0.25, -0.2) is 0 Å². The minimum absolute atomic E-state index is 0.506. The standard InChI is InChI=1S/C40H44Si/c1-7-15-29-23-33(31-17-11-9-12-18-31)35-21-27(3)39(37(35)25-29)41(5,6)40-28(4)22-36-34(32-19-13-10-14-20-32)24-30(16-8-2)26-38(36)40/h9-14,17-26,39-40H,7-8,15-16H2,1-6H3. The lowest BCUT2D eigenvalue weighted by Crippen LogP contribution is -2.42. The molecule has 0 aliphatic heterocycles. The number of allylic oxidation sites excluding steroid dienone is 2. The van der Waals surface area contributed by atoms with Crippen LogP contribution in [0.5, 0.6) is 0 Å². The molecule has 4 aromatic carbocycles. The first-order valence-corrected chi connectivity index (χ1v) is 18.8. The predicted molar refractivity (Wildman–Crippen MR) is 182 cm³/mol. The van der Waals surface area contributed by atoms with Crippen LogP contribution in [0.3, 0.4) is 0 Å². The van der Waals surface area contributed by atoms with Crippen LogP contribution in [0, 0.1) is 0 Å². The number of benzene rings is 4. The van der Waals surface area contributed by atoms with Gasteiger partial charge in [0, 0.05) is 11.1 Å². The monoisotopic (exact) mass is 552 g/mol. The smallest absolute Gasteiger partial charge is 0.0679 e. The van der Waals surface area contributed by atoms with Gasteiger partial charge in [0.2, 0.25) is 0 Å². The van der Waals surface area contributed by atoms with Crippen LogP contribution in [0.4, 0.5) is 0 Å². The number of fused-ring (bicyclic) bond motifs is 2. The molecule has 0 amide bonds. The third-order valence-corrected chi connectivity index (χ3v) is 14.1. The van der Waals surface area contributed by atoms with Crippen molar-refractivity contribution in [2.24, 2.45) is 0 Å². The molecule has 4 aromatic rings. The molecular weight excluding hydrogens is 509 g/mol. The summed E-state index contributed by atoms with van der Waals surface area (Å²) >= 11 is 0. The largest absolute Gasteiger partial charge is 0.0722 e. The van der Waals surface area contributed by atoms with Gasteiger partial charge in [-0.3, -0.25) is 0 Å². The Kier molecular flexibility index (Phi) is 7.51. The van der Waals surface area contributed by atoms with Crippen molar-refractivity contribution in [1.29, 1.82) is 0 Å². The number of aryl methyl sites for hydroxylation is 2. The van der Waals surface area contributed by atoms with E-state index < -0.39 is 8.07 Å². The van der Waals surface area contributed by atoms with Crippen LogP contribution in [0.25, 0.3) is 34.4 Å². The normalized spacial score (nSPS) is 17.7. The molecule has 0 heterocycles. The summed E-state index contributed by atoms with van der Waals surface area (Å²) in [4.78, 5) is 0. The van der Waals surface area contributed by atoms with Crippen LogP contribution in [0.15, 0.2) is 96.1 Å². The van der Waals surface area contributed by atoms with E-state index in [4.69, 9.17) is 0 Å². The fourth-order valence-electron chi connectivity index (χ4n) is 8.11. The molecule has 6 rings (SSSR count). The van der Waals surface area contributed by atoms with Gasteiger partial charge in [-0.2, -0.15) is 0 Å². The number of hydrogen-bond acceptors (Lipinski definition) is 0. The summed E-state index contributed by atoms with van der Waals surface area (Å²) in [5.74, 6) is 0. The second kappa shape index (κ2) is 11.1. The molecule has 0 bridgehead atoms. The van der Waals surface area contributed by atoms with E-state index in [1.54, 1.807) is 22.3 Å². The van der Waals surface area contributed by atoms with Crippen molar-refractivity contribution in [2.75, 3.05) is 0 Å². The van der Waals surface area contributed by atoms with Crippen LogP contribution in [0.2, 0.25) is 13.1 Å². The van der Waals surface area contributed by atoms with Crippen LogP contribution in [0.1, 0.15) is 85.0 Å². The van der Waals surface area contributed by atoms with Gasteiger partial charge in [0.15, 0.2) is 0 Å². The van der Waals surface area contributed by atoms with E-state index >= 15 is 0 Å². The fraction of sp³-hybridized carbons (Fsp3) is 0.300. The minimum Gasteiger partial charge on any atom is -0.0679 e. The lowest BCUT2D eigenvalue weighted by molar-refractivity contribution is 0.908. The zero-order valence-corrected chi connectivity index (χ0v) is 26.7. The Balaban J connectivity index is 1.51. The minimum atomic E-state index is -1.94. The van der Waals surface area contributed by atoms with Gasteiger partial charge in [0.05, 0.1) is 8.07 Å². The van der Waals surface area contributed by atoms with E-state index in [9.17, 15) is 0 Å². The Hall–Kier alpha value is -3.42. The third kappa shape index (κ3) is 4.89. The highest BCUT2D eigenvalue weighted by atomic mass is 28.3. The SMILES string of the molecule is CCCc1cc(-c2ccccc2)c2c(c1)C([Si](C)(C)C1C(C)=Cc3c(-c4ccccc4)cc(CCC)cc31)C(C)=C2. The van der Waals surface area contributed by atoms with Gasteiger partial charge in [0.25, 0.3) is 0 Å². The number of rotatable bonds is 8. The zero-order valence-electron chi connectivity index (χ0n) is 25.7. The summed E-state index contributed by atoms with van der Waals surface area (Å²) < 4.78 is 0. The molecule has 2 atom stereocenters. The topological polar surface area (TPSA) is 0 Å². The van der Waals surface area contributed by atoms with Crippen molar-refractivity contribution in [3.8, 4) is 22.3 Å². The Bertz CT molecular complexity index is 1510. The van der Waals surface area contributed by atoms with Crippen LogP contribution in [-0.4, -0.2) is 8.07 Å². The molecule has 0 saturated heterocycles. The van der Waals surface area contributed by atoms with Gasteiger partial charge in [-0.05, 0) is 82.3 Å². The van der Waals surface area contributed by atoms with E-state index in [0.29, 0.717) is 11.1 Å². The van der Waals surface area contributed by atoms with Crippen molar-refractivity contribution < 1.29 is 0 Å². The first kappa shape index (κ1) is 27.7. The maximum Gasteiger partial charge on any atom is 0.0722 e. The zero-order chi connectivity index (χ0) is 28.7. The van der Waals surface area contributed by atoms with Crippen molar-refractivity contribution in [1.82, 2.24) is 0 Å². The molecular formula is C40H44Si. The highest BCUT2D eigenvalue weighted by Crippen LogP contribution is 2.54. The van der Waals surface area contributed by atoms with Gasteiger partial charge in [-0.15, -0.1) is 0 Å². The Morgan fingerprint density at radius 2 is 0.951 bits per heavy atom.